The standard InChI is InChI=1S/C17H26N2O2/c1-19-12-6-9-15(13-19)17(20)18-11-5-8-14-7-3-4-10-16(14)21-2/h3-4,7,10,15H,5-6,8-9,11-13H2,1-2H3,(H,18,20). The van der Waals surface area contributed by atoms with Gasteiger partial charge >= 0.3 is 0 Å². The van der Waals surface area contributed by atoms with Gasteiger partial charge in [0.2, 0.25) is 5.91 Å². The number of benzene rings is 1. The molecule has 0 radical (unpaired) electrons. The molecule has 21 heavy (non-hydrogen) atoms. The molecule has 0 aliphatic carbocycles. The van der Waals surface area contributed by atoms with Gasteiger partial charge in [0, 0.05) is 13.1 Å². The quantitative estimate of drug-likeness (QED) is 0.816. The molecule has 1 atom stereocenters. The van der Waals surface area contributed by atoms with Gasteiger partial charge in [-0.25, -0.2) is 0 Å². The molecular formula is C17H26N2O2. The second-order valence-electron chi connectivity index (χ2n) is 5.81. The van der Waals surface area contributed by atoms with Crippen molar-refractivity contribution < 1.29 is 9.53 Å². The van der Waals surface area contributed by atoms with E-state index in [1.165, 1.54) is 5.56 Å². The maximum Gasteiger partial charge on any atom is 0.224 e. The zero-order chi connectivity index (χ0) is 15.1. The van der Waals surface area contributed by atoms with Gasteiger partial charge < -0.3 is 15.0 Å². The maximum absolute atomic E-state index is 12.1. The van der Waals surface area contributed by atoms with Crippen LogP contribution in [-0.4, -0.2) is 44.6 Å². The number of amides is 1. The van der Waals surface area contributed by atoms with E-state index in [1.807, 2.05) is 18.2 Å². The van der Waals surface area contributed by atoms with Gasteiger partial charge in [-0.05, 0) is 50.9 Å². The number of rotatable bonds is 6. The smallest absolute Gasteiger partial charge is 0.224 e. The molecule has 4 heteroatoms. The number of aryl methyl sites for hydroxylation is 1. The van der Waals surface area contributed by atoms with E-state index in [2.05, 4.69) is 23.3 Å². The maximum atomic E-state index is 12.1. The fourth-order valence-electron chi connectivity index (χ4n) is 2.92. The van der Waals surface area contributed by atoms with E-state index >= 15 is 0 Å². The van der Waals surface area contributed by atoms with Crippen LogP contribution in [0.1, 0.15) is 24.8 Å². The van der Waals surface area contributed by atoms with E-state index in [9.17, 15) is 4.79 Å². The van der Waals surface area contributed by atoms with Crippen LogP contribution in [-0.2, 0) is 11.2 Å². The van der Waals surface area contributed by atoms with Crippen LogP contribution in [0.4, 0.5) is 0 Å². The van der Waals surface area contributed by atoms with E-state index in [0.717, 1.165) is 51.1 Å². The van der Waals surface area contributed by atoms with Crippen LogP contribution in [0.3, 0.4) is 0 Å². The Balaban J connectivity index is 1.70. The van der Waals surface area contributed by atoms with Gasteiger partial charge in [-0.3, -0.25) is 4.79 Å². The molecule has 1 aliphatic heterocycles. The highest BCUT2D eigenvalue weighted by Gasteiger charge is 2.23. The van der Waals surface area contributed by atoms with Gasteiger partial charge in [0.1, 0.15) is 5.75 Å². The van der Waals surface area contributed by atoms with Crippen molar-refractivity contribution in [3.63, 3.8) is 0 Å². The second-order valence-corrected chi connectivity index (χ2v) is 5.81. The third-order valence-corrected chi connectivity index (χ3v) is 4.11. The zero-order valence-electron chi connectivity index (χ0n) is 13.1. The molecule has 1 aliphatic rings. The SMILES string of the molecule is COc1ccccc1CCCNC(=O)C1CCCN(C)C1. The van der Waals surface area contributed by atoms with Gasteiger partial charge in [0.05, 0.1) is 13.0 Å². The minimum absolute atomic E-state index is 0.162. The summed E-state index contributed by atoms with van der Waals surface area (Å²) in [6.07, 6.45) is 4.00. The lowest BCUT2D eigenvalue weighted by Crippen LogP contribution is -2.41. The molecule has 1 aromatic rings. The number of likely N-dealkylation sites (tertiary alicyclic amines) is 1. The summed E-state index contributed by atoms with van der Waals surface area (Å²) in [6.45, 7) is 2.73. The van der Waals surface area contributed by atoms with Crippen LogP contribution in [0.5, 0.6) is 5.75 Å². The summed E-state index contributed by atoms with van der Waals surface area (Å²) in [6, 6.07) is 8.06. The first-order chi connectivity index (χ1) is 10.2. The topological polar surface area (TPSA) is 41.6 Å². The predicted octanol–water partition coefficient (Wildman–Crippen LogP) is 2.09. The number of carbonyl (C=O) groups is 1. The van der Waals surface area contributed by atoms with Crippen LogP contribution in [0.25, 0.3) is 0 Å². The molecule has 116 valence electrons. The van der Waals surface area contributed by atoms with Gasteiger partial charge in [-0.1, -0.05) is 18.2 Å². The molecule has 0 aromatic heterocycles. The van der Waals surface area contributed by atoms with Crippen molar-refractivity contribution >= 4 is 5.91 Å². The summed E-state index contributed by atoms with van der Waals surface area (Å²) in [5.74, 6) is 1.30. The Bertz CT molecular complexity index is 462. The van der Waals surface area contributed by atoms with Crippen molar-refractivity contribution in [2.75, 3.05) is 33.8 Å². The van der Waals surface area contributed by atoms with Crippen LogP contribution in [0.15, 0.2) is 24.3 Å². The van der Waals surface area contributed by atoms with E-state index in [1.54, 1.807) is 7.11 Å². The third-order valence-electron chi connectivity index (χ3n) is 4.11. The number of ether oxygens (including phenoxy) is 1. The first-order valence-electron chi connectivity index (χ1n) is 7.79. The van der Waals surface area contributed by atoms with Crippen molar-refractivity contribution in [3.05, 3.63) is 29.8 Å². The molecule has 1 unspecified atom stereocenters. The largest absolute Gasteiger partial charge is 0.496 e. The molecule has 0 bridgehead atoms. The average molecular weight is 290 g/mol. The lowest BCUT2D eigenvalue weighted by atomic mass is 9.97. The van der Waals surface area contributed by atoms with E-state index in [4.69, 9.17) is 4.74 Å². The first-order valence-corrected chi connectivity index (χ1v) is 7.79. The van der Waals surface area contributed by atoms with E-state index < -0.39 is 0 Å². The van der Waals surface area contributed by atoms with Crippen molar-refractivity contribution in [2.24, 2.45) is 5.92 Å². The molecule has 1 amide bonds. The Morgan fingerprint density at radius 1 is 1.43 bits per heavy atom. The molecule has 1 heterocycles. The highest BCUT2D eigenvalue weighted by atomic mass is 16.5. The van der Waals surface area contributed by atoms with Crippen molar-refractivity contribution in [3.8, 4) is 5.75 Å². The number of nitrogens with zero attached hydrogens (tertiary/aromatic N) is 1. The minimum atomic E-state index is 0.162. The monoisotopic (exact) mass is 290 g/mol. The molecule has 1 saturated heterocycles. The number of nitrogens with one attached hydrogen (secondary N) is 1. The van der Waals surface area contributed by atoms with Gasteiger partial charge in [-0.15, -0.1) is 0 Å². The molecule has 1 aromatic carbocycles. The summed E-state index contributed by atoms with van der Waals surface area (Å²) >= 11 is 0. The van der Waals surface area contributed by atoms with Gasteiger partial charge in [0.25, 0.3) is 0 Å². The fraction of sp³-hybridized carbons (Fsp3) is 0.588. The molecule has 2 rings (SSSR count). The minimum Gasteiger partial charge on any atom is -0.496 e. The molecular weight excluding hydrogens is 264 g/mol. The number of hydrogen-bond acceptors (Lipinski definition) is 3. The summed E-state index contributed by atoms with van der Waals surface area (Å²) in [5, 5.41) is 3.07. The number of para-hydroxylation sites is 1. The number of hydrogen-bond donors (Lipinski definition) is 1. The van der Waals surface area contributed by atoms with Gasteiger partial charge in [-0.2, -0.15) is 0 Å². The predicted molar refractivity (Wildman–Crippen MR) is 84.5 cm³/mol. The van der Waals surface area contributed by atoms with Crippen molar-refractivity contribution in [2.45, 2.75) is 25.7 Å². The normalized spacial score (nSPS) is 19.2. The number of carbonyl (C=O) groups excluding carboxylic acids is 1. The highest BCUT2D eigenvalue weighted by molar-refractivity contribution is 5.78. The second kappa shape index (κ2) is 8.03. The van der Waals surface area contributed by atoms with E-state index in [-0.39, 0.29) is 11.8 Å². The lowest BCUT2D eigenvalue weighted by molar-refractivity contribution is -0.126. The Labute approximate surface area is 127 Å². The summed E-state index contributed by atoms with van der Waals surface area (Å²) in [4.78, 5) is 14.4. The van der Waals surface area contributed by atoms with Gasteiger partial charge in [0.15, 0.2) is 0 Å². The van der Waals surface area contributed by atoms with Crippen LogP contribution in [0.2, 0.25) is 0 Å². The third kappa shape index (κ3) is 4.74. The summed E-state index contributed by atoms with van der Waals surface area (Å²) < 4.78 is 5.34. The average Bonchev–Trinajstić information content (AvgIpc) is 2.51. The Morgan fingerprint density at radius 3 is 3.00 bits per heavy atom. The summed E-state index contributed by atoms with van der Waals surface area (Å²) in [5.41, 5.74) is 1.20. The Kier molecular flexibility index (Phi) is 6.05. The Morgan fingerprint density at radius 2 is 2.24 bits per heavy atom. The fourth-order valence-corrected chi connectivity index (χ4v) is 2.92. The summed E-state index contributed by atoms with van der Waals surface area (Å²) in [7, 11) is 3.78. The highest BCUT2D eigenvalue weighted by Crippen LogP contribution is 2.19. The molecule has 1 fully saturated rings. The zero-order valence-corrected chi connectivity index (χ0v) is 13.1. The van der Waals surface area contributed by atoms with Crippen molar-refractivity contribution in [1.29, 1.82) is 0 Å². The Hall–Kier alpha value is -1.55. The lowest BCUT2D eigenvalue weighted by Gasteiger charge is -2.28. The van der Waals surface area contributed by atoms with Crippen LogP contribution < -0.4 is 10.1 Å². The molecule has 1 N–H and O–H groups in total. The van der Waals surface area contributed by atoms with Crippen LogP contribution in [0, 0.1) is 5.92 Å². The van der Waals surface area contributed by atoms with E-state index in [0.29, 0.717) is 0 Å². The molecule has 4 nitrogen and oxygen atoms in total. The molecule has 0 saturated carbocycles. The molecule has 0 spiro atoms. The first kappa shape index (κ1) is 15.8. The van der Waals surface area contributed by atoms with Crippen LogP contribution >= 0.6 is 0 Å². The number of methoxy groups -OCH3 is 1. The van der Waals surface area contributed by atoms with Crippen molar-refractivity contribution in [1.82, 2.24) is 10.2 Å². The number of piperidine rings is 1.